The summed E-state index contributed by atoms with van der Waals surface area (Å²) < 4.78 is 31.9. The van der Waals surface area contributed by atoms with Crippen molar-refractivity contribution in [3.8, 4) is 0 Å². The molecule has 7 nitrogen and oxygen atoms in total. The fraction of sp³-hybridized carbons (Fsp3) is 0.375. The van der Waals surface area contributed by atoms with E-state index in [1.807, 2.05) is 6.92 Å². The van der Waals surface area contributed by atoms with Crippen LogP contribution in [0.2, 0.25) is 0 Å². The summed E-state index contributed by atoms with van der Waals surface area (Å²) >= 11 is 0. The number of nitrogens with one attached hydrogen (secondary N) is 2. The third kappa shape index (κ3) is 4.65. The Bertz CT molecular complexity index is 810. The molecule has 0 radical (unpaired) electrons. The van der Waals surface area contributed by atoms with Crippen molar-refractivity contribution in [2.45, 2.75) is 32.1 Å². The Labute approximate surface area is 141 Å². The average Bonchev–Trinajstić information content (AvgIpc) is 2.86. The minimum absolute atomic E-state index is 0.188. The van der Waals surface area contributed by atoms with Gasteiger partial charge in [0.25, 0.3) is 5.91 Å². The quantitative estimate of drug-likeness (QED) is 0.739. The molecular weight excluding hydrogens is 330 g/mol. The van der Waals surface area contributed by atoms with E-state index >= 15 is 0 Å². The highest BCUT2D eigenvalue weighted by molar-refractivity contribution is 7.89. The van der Waals surface area contributed by atoms with Crippen molar-refractivity contribution in [3.63, 3.8) is 0 Å². The minimum Gasteiger partial charge on any atom is -0.436 e. The highest BCUT2D eigenvalue weighted by atomic mass is 32.2. The number of rotatable bonds is 7. The molecule has 1 amide bonds. The third-order valence-electron chi connectivity index (χ3n) is 3.37. The van der Waals surface area contributed by atoms with Crippen molar-refractivity contribution in [3.05, 3.63) is 47.2 Å². The van der Waals surface area contributed by atoms with Crippen LogP contribution in [0.1, 0.15) is 34.1 Å². The number of aryl methyl sites for hydroxylation is 3. The summed E-state index contributed by atoms with van der Waals surface area (Å²) in [6, 6.07) is 6.62. The number of hydrogen-bond donors (Lipinski definition) is 2. The third-order valence-corrected chi connectivity index (χ3v) is 4.85. The number of carbonyl (C=O) groups is 1. The number of carbonyl (C=O) groups excluding carboxylic acids is 1. The number of sulfonamides is 1. The van der Waals surface area contributed by atoms with Crippen molar-refractivity contribution in [2.75, 3.05) is 13.1 Å². The first-order valence-corrected chi connectivity index (χ1v) is 9.06. The molecular formula is C16H21N3O4S. The van der Waals surface area contributed by atoms with Gasteiger partial charge in [0.2, 0.25) is 15.8 Å². The molecule has 130 valence electrons. The maximum absolute atomic E-state index is 12.1. The van der Waals surface area contributed by atoms with E-state index in [0.717, 1.165) is 5.56 Å². The first-order chi connectivity index (χ1) is 11.3. The Balaban J connectivity index is 1.77. The number of oxazole rings is 1. The molecule has 0 aliphatic heterocycles. The summed E-state index contributed by atoms with van der Waals surface area (Å²) in [6.07, 6.45) is 0.461. The van der Waals surface area contributed by atoms with Gasteiger partial charge in [0.1, 0.15) is 0 Å². The van der Waals surface area contributed by atoms with Crippen LogP contribution >= 0.6 is 0 Å². The maximum atomic E-state index is 12.1. The molecule has 0 aliphatic carbocycles. The van der Waals surface area contributed by atoms with Gasteiger partial charge in [-0.25, -0.2) is 18.1 Å². The molecule has 0 aliphatic rings. The van der Waals surface area contributed by atoms with Gasteiger partial charge in [-0.05, 0) is 32.4 Å². The SMILES string of the molecule is Cc1ccc(S(=O)(=O)NCCCNC(=O)c2oc(C)nc2C)cc1. The van der Waals surface area contributed by atoms with E-state index in [0.29, 0.717) is 24.6 Å². The van der Waals surface area contributed by atoms with Crippen LogP contribution < -0.4 is 10.0 Å². The standard InChI is InChI=1S/C16H21N3O4S/c1-11-5-7-14(8-6-11)24(21,22)18-10-4-9-17-16(20)15-12(2)19-13(3)23-15/h5-8,18H,4,9-10H2,1-3H3,(H,17,20). The highest BCUT2D eigenvalue weighted by Crippen LogP contribution is 2.10. The molecule has 1 heterocycles. The molecule has 2 N–H and O–H groups in total. The van der Waals surface area contributed by atoms with Crippen LogP contribution in [-0.2, 0) is 10.0 Å². The van der Waals surface area contributed by atoms with Crippen LogP contribution in [0, 0.1) is 20.8 Å². The van der Waals surface area contributed by atoms with Crippen molar-refractivity contribution >= 4 is 15.9 Å². The van der Waals surface area contributed by atoms with Gasteiger partial charge in [-0.1, -0.05) is 17.7 Å². The lowest BCUT2D eigenvalue weighted by Gasteiger charge is -2.07. The van der Waals surface area contributed by atoms with Gasteiger partial charge >= 0.3 is 0 Å². The lowest BCUT2D eigenvalue weighted by atomic mass is 10.2. The summed E-state index contributed by atoms with van der Waals surface area (Å²) in [5.74, 6) is 0.269. The second kappa shape index (κ2) is 7.59. The van der Waals surface area contributed by atoms with E-state index in [1.165, 1.54) is 0 Å². The molecule has 0 bridgehead atoms. The fourth-order valence-electron chi connectivity index (χ4n) is 2.12. The molecule has 2 aromatic rings. The zero-order valence-electron chi connectivity index (χ0n) is 13.9. The van der Waals surface area contributed by atoms with Gasteiger partial charge in [-0.2, -0.15) is 0 Å². The zero-order chi connectivity index (χ0) is 17.7. The zero-order valence-corrected chi connectivity index (χ0v) is 14.7. The van der Waals surface area contributed by atoms with Gasteiger partial charge in [-0.3, -0.25) is 4.79 Å². The molecule has 24 heavy (non-hydrogen) atoms. The van der Waals surface area contributed by atoms with Crippen molar-refractivity contribution in [1.29, 1.82) is 0 Å². The smallest absolute Gasteiger partial charge is 0.289 e. The van der Waals surface area contributed by atoms with Crippen LogP contribution in [0.3, 0.4) is 0 Å². The van der Waals surface area contributed by atoms with E-state index in [-0.39, 0.29) is 23.1 Å². The summed E-state index contributed by atoms with van der Waals surface area (Å²) in [7, 11) is -3.52. The minimum atomic E-state index is -3.52. The highest BCUT2D eigenvalue weighted by Gasteiger charge is 2.16. The van der Waals surface area contributed by atoms with Gasteiger partial charge in [-0.15, -0.1) is 0 Å². The maximum Gasteiger partial charge on any atom is 0.289 e. The Kier molecular flexibility index (Phi) is 5.74. The molecule has 0 fully saturated rings. The number of amides is 1. The molecule has 0 spiro atoms. The Hall–Kier alpha value is -2.19. The summed E-state index contributed by atoms with van der Waals surface area (Å²) in [4.78, 5) is 16.2. The lowest BCUT2D eigenvalue weighted by molar-refractivity contribution is 0.0923. The molecule has 0 saturated heterocycles. The Morgan fingerprint density at radius 1 is 1.12 bits per heavy atom. The Morgan fingerprint density at radius 2 is 1.79 bits per heavy atom. The second-order valence-electron chi connectivity index (χ2n) is 5.47. The predicted octanol–water partition coefficient (Wildman–Crippen LogP) is 1.70. The van der Waals surface area contributed by atoms with Gasteiger partial charge in [0, 0.05) is 20.0 Å². The molecule has 8 heteroatoms. The van der Waals surface area contributed by atoms with Gasteiger partial charge < -0.3 is 9.73 Å². The molecule has 2 rings (SSSR count). The topological polar surface area (TPSA) is 101 Å². The number of aromatic nitrogens is 1. The normalized spacial score (nSPS) is 11.5. The van der Waals surface area contributed by atoms with Gasteiger partial charge in [0.05, 0.1) is 10.6 Å². The first-order valence-electron chi connectivity index (χ1n) is 7.58. The van der Waals surface area contributed by atoms with E-state index in [1.54, 1.807) is 38.1 Å². The van der Waals surface area contributed by atoms with Crippen LogP contribution in [0.25, 0.3) is 0 Å². The van der Waals surface area contributed by atoms with Gasteiger partial charge in [0.15, 0.2) is 5.89 Å². The molecule has 1 aromatic carbocycles. The van der Waals surface area contributed by atoms with E-state index < -0.39 is 10.0 Å². The van der Waals surface area contributed by atoms with Crippen LogP contribution in [0.15, 0.2) is 33.6 Å². The molecule has 0 saturated carbocycles. The number of hydrogen-bond acceptors (Lipinski definition) is 5. The number of nitrogens with zero attached hydrogens (tertiary/aromatic N) is 1. The molecule has 1 aromatic heterocycles. The molecule has 0 unspecified atom stereocenters. The monoisotopic (exact) mass is 351 g/mol. The van der Waals surface area contributed by atoms with E-state index in [4.69, 9.17) is 4.42 Å². The summed E-state index contributed by atoms with van der Waals surface area (Å²) in [5.41, 5.74) is 1.53. The van der Waals surface area contributed by atoms with Crippen LogP contribution in [-0.4, -0.2) is 32.4 Å². The summed E-state index contributed by atoms with van der Waals surface area (Å²) in [5, 5.41) is 2.68. The largest absolute Gasteiger partial charge is 0.436 e. The lowest BCUT2D eigenvalue weighted by Crippen LogP contribution is -2.30. The van der Waals surface area contributed by atoms with Crippen molar-refractivity contribution in [1.82, 2.24) is 15.0 Å². The van der Waals surface area contributed by atoms with E-state index in [2.05, 4.69) is 15.0 Å². The second-order valence-corrected chi connectivity index (χ2v) is 7.23. The first kappa shape index (κ1) is 18.2. The fourth-order valence-corrected chi connectivity index (χ4v) is 3.19. The van der Waals surface area contributed by atoms with Crippen molar-refractivity contribution in [2.24, 2.45) is 0 Å². The number of benzene rings is 1. The van der Waals surface area contributed by atoms with Crippen molar-refractivity contribution < 1.29 is 17.6 Å². The Morgan fingerprint density at radius 3 is 2.38 bits per heavy atom. The van der Waals surface area contributed by atoms with E-state index in [9.17, 15) is 13.2 Å². The average molecular weight is 351 g/mol. The van der Waals surface area contributed by atoms with Crippen LogP contribution in [0.4, 0.5) is 0 Å². The molecule has 0 atom stereocenters. The summed E-state index contributed by atoms with van der Waals surface area (Å²) in [6.45, 7) is 5.81. The van der Waals surface area contributed by atoms with Crippen LogP contribution in [0.5, 0.6) is 0 Å². The predicted molar refractivity (Wildman–Crippen MR) is 89.3 cm³/mol.